The van der Waals surface area contributed by atoms with Crippen LogP contribution in [0, 0.1) is 24.4 Å². The summed E-state index contributed by atoms with van der Waals surface area (Å²) in [6.45, 7) is 4.27. The van der Waals surface area contributed by atoms with Crippen LogP contribution in [0.5, 0.6) is 0 Å². The van der Waals surface area contributed by atoms with Gasteiger partial charge in [0.2, 0.25) is 11.8 Å². The lowest BCUT2D eigenvalue weighted by molar-refractivity contribution is -0.117. The maximum atomic E-state index is 13.5. The highest BCUT2D eigenvalue weighted by Crippen LogP contribution is 2.35. The Morgan fingerprint density at radius 1 is 1.21 bits per heavy atom. The molecule has 13 heteroatoms. The van der Waals surface area contributed by atoms with Crippen LogP contribution in [-0.2, 0) is 17.9 Å². The summed E-state index contributed by atoms with van der Waals surface area (Å²) in [4.78, 5) is 32.9. The number of urea groups is 1. The van der Waals surface area contributed by atoms with Gasteiger partial charge in [0.1, 0.15) is 0 Å². The maximum Gasteiger partial charge on any atom is 0.322 e. The Balaban J connectivity index is 1.36. The van der Waals surface area contributed by atoms with E-state index in [1.807, 2.05) is 0 Å². The maximum absolute atomic E-state index is 13.5. The average Bonchev–Trinajstić information content (AvgIpc) is 3.49. The number of hydrogen-bond acceptors (Lipinski definition) is 6. The lowest BCUT2D eigenvalue weighted by Crippen LogP contribution is -2.47. The minimum absolute atomic E-state index is 0.0998. The Morgan fingerprint density at radius 2 is 1.94 bits per heavy atom. The van der Waals surface area contributed by atoms with Crippen molar-refractivity contribution in [3.05, 3.63) is 53.2 Å². The molecular weight excluding hydrogens is 455 g/mol. The van der Waals surface area contributed by atoms with Gasteiger partial charge in [0.15, 0.2) is 23.3 Å². The molecule has 34 heavy (non-hydrogen) atoms. The second-order valence-electron chi connectivity index (χ2n) is 8.40. The molecule has 2 atom stereocenters. The first-order chi connectivity index (χ1) is 16.2. The molecule has 3 aromatic rings. The summed E-state index contributed by atoms with van der Waals surface area (Å²) in [5.74, 6) is -3.93. The SMILES string of the molecule is Cc1noc(C2CC(=O)N(c3cnn4c3CN(C(=O)Nc3cc(F)c(F)c(F)c3)[C@@H](C)C4)C2)n1. The molecule has 1 aromatic carbocycles. The van der Waals surface area contributed by atoms with Crippen LogP contribution in [0.4, 0.5) is 29.3 Å². The second-order valence-corrected chi connectivity index (χ2v) is 8.40. The van der Waals surface area contributed by atoms with Gasteiger partial charge in [-0.2, -0.15) is 10.1 Å². The first kappa shape index (κ1) is 21.9. The van der Waals surface area contributed by atoms with Crippen molar-refractivity contribution < 1.29 is 27.3 Å². The molecule has 2 aliphatic heterocycles. The van der Waals surface area contributed by atoms with Crippen LogP contribution < -0.4 is 10.2 Å². The minimum atomic E-state index is -1.61. The molecular formula is C21H20F3N7O3. The number of carbonyl (C=O) groups excluding carboxylic acids is 2. The van der Waals surface area contributed by atoms with E-state index in [1.54, 1.807) is 29.6 Å². The summed E-state index contributed by atoms with van der Waals surface area (Å²) in [5, 5.41) is 10.6. The van der Waals surface area contributed by atoms with E-state index in [0.717, 1.165) is 0 Å². The highest BCUT2D eigenvalue weighted by Gasteiger charge is 2.38. The molecule has 1 unspecified atom stereocenters. The van der Waals surface area contributed by atoms with Gasteiger partial charge in [-0.3, -0.25) is 9.48 Å². The molecule has 5 rings (SSSR count). The third kappa shape index (κ3) is 3.76. The van der Waals surface area contributed by atoms with Crippen molar-refractivity contribution in [2.45, 2.75) is 45.3 Å². The van der Waals surface area contributed by atoms with Crippen LogP contribution in [-0.4, -0.2) is 49.3 Å². The Kier molecular flexibility index (Phi) is 5.25. The monoisotopic (exact) mass is 475 g/mol. The van der Waals surface area contributed by atoms with Gasteiger partial charge in [-0.05, 0) is 13.8 Å². The third-order valence-electron chi connectivity index (χ3n) is 6.02. The van der Waals surface area contributed by atoms with Gasteiger partial charge in [0, 0.05) is 30.8 Å². The second kappa shape index (κ2) is 8.15. The van der Waals surface area contributed by atoms with Crippen LogP contribution >= 0.6 is 0 Å². The van der Waals surface area contributed by atoms with E-state index in [0.29, 0.717) is 48.3 Å². The van der Waals surface area contributed by atoms with E-state index < -0.39 is 23.5 Å². The quantitative estimate of drug-likeness (QED) is 0.584. The molecule has 1 saturated heterocycles. The molecule has 1 N–H and O–H groups in total. The summed E-state index contributed by atoms with van der Waals surface area (Å²) in [5.41, 5.74) is 0.994. The number of hydrogen-bond donors (Lipinski definition) is 1. The Labute approximate surface area is 191 Å². The minimum Gasteiger partial charge on any atom is -0.339 e. The summed E-state index contributed by atoms with van der Waals surface area (Å²) in [6, 6.07) is 0.494. The fourth-order valence-electron chi connectivity index (χ4n) is 4.29. The number of carbonyl (C=O) groups is 2. The molecule has 3 amide bonds. The van der Waals surface area contributed by atoms with Gasteiger partial charge >= 0.3 is 6.03 Å². The summed E-state index contributed by atoms with van der Waals surface area (Å²) < 4.78 is 47.2. The van der Waals surface area contributed by atoms with Crippen molar-refractivity contribution >= 4 is 23.3 Å². The van der Waals surface area contributed by atoms with Crippen molar-refractivity contribution in [3.63, 3.8) is 0 Å². The molecule has 0 radical (unpaired) electrons. The summed E-state index contributed by atoms with van der Waals surface area (Å²) in [6.07, 6.45) is 1.78. The summed E-state index contributed by atoms with van der Waals surface area (Å²) >= 11 is 0. The fraction of sp³-hybridized carbons (Fsp3) is 0.381. The zero-order valence-corrected chi connectivity index (χ0v) is 18.3. The molecule has 10 nitrogen and oxygen atoms in total. The van der Waals surface area contributed by atoms with Gasteiger partial charge in [-0.15, -0.1) is 0 Å². The lowest BCUT2D eigenvalue weighted by Gasteiger charge is -2.35. The highest BCUT2D eigenvalue weighted by molar-refractivity contribution is 5.97. The van der Waals surface area contributed by atoms with Crippen LogP contribution in [0.15, 0.2) is 22.9 Å². The van der Waals surface area contributed by atoms with Crippen LogP contribution in [0.1, 0.15) is 36.7 Å². The number of rotatable bonds is 3. The number of aromatic nitrogens is 4. The topological polar surface area (TPSA) is 109 Å². The van der Waals surface area contributed by atoms with Gasteiger partial charge in [0.05, 0.1) is 42.6 Å². The molecule has 0 saturated carbocycles. The van der Waals surface area contributed by atoms with Crippen molar-refractivity contribution in [1.29, 1.82) is 0 Å². The number of fused-ring (bicyclic) bond motifs is 1. The molecule has 2 aromatic heterocycles. The van der Waals surface area contributed by atoms with E-state index in [1.165, 1.54) is 4.90 Å². The van der Waals surface area contributed by atoms with Crippen LogP contribution in [0.3, 0.4) is 0 Å². The van der Waals surface area contributed by atoms with Gasteiger partial charge in [-0.1, -0.05) is 5.16 Å². The molecule has 1 fully saturated rings. The number of nitrogens with zero attached hydrogens (tertiary/aromatic N) is 6. The van der Waals surface area contributed by atoms with Gasteiger partial charge in [-0.25, -0.2) is 18.0 Å². The normalized spacial score (nSPS) is 20.1. The largest absolute Gasteiger partial charge is 0.339 e. The molecule has 0 spiro atoms. The zero-order chi connectivity index (χ0) is 24.1. The predicted octanol–water partition coefficient (Wildman–Crippen LogP) is 2.95. The number of amides is 3. The first-order valence-corrected chi connectivity index (χ1v) is 10.6. The van der Waals surface area contributed by atoms with Gasteiger partial charge in [0.25, 0.3) is 0 Å². The highest BCUT2D eigenvalue weighted by atomic mass is 19.2. The van der Waals surface area contributed by atoms with E-state index in [2.05, 4.69) is 20.6 Å². The Bertz CT molecular complexity index is 1270. The fourth-order valence-corrected chi connectivity index (χ4v) is 4.29. The van der Waals surface area contributed by atoms with Crippen LogP contribution in [0.25, 0.3) is 0 Å². The first-order valence-electron chi connectivity index (χ1n) is 10.6. The Hall–Kier alpha value is -3.90. The van der Waals surface area contributed by atoms with Crippen molar-refractivity contribution in [3.8, 4) is 0 Å². The standard InChI is InChI=1S/C21H20F3N7O3/c1-10-7-31-17(9-29(10)21(33)27-13-4-14(22)19(24)15(23)5-13)16(6-25-31)30-8-12(3-18(30)32)20-26-11(2)28-34-20/h4-6,10,12H,3,7-9H2,1-2H3,(H,27,33)/t10-,12?/m0/s1. The number of benzene rings is 1. The molecule has 0 bridgehead atoms. The van der Waals surface area contributed by atoms with Crippen LogP contribution in [0.2, 0.25) is 0 Å². The van der Waals surface area contributed by atoms with Crippen molar-refractivity contribution in [1.82, 2.24) is 24.8 Å². The number of halogens is 3. The van der Waals surface area contributed by atoms with E-state index in [-0.39, 0.29) is 36.5 Å². The predicted molar refractivity (Wildman–Crippen MR) is 111 cm³/mol. The van der Waals surface area contributed by atoms with E-state index in [9.17, 15) is 22.8 Å². The van der Waals surface area contributed by atoms with Crippen molar-refractivity contribution in [2.75, 3.05) is 16.8 Å². The van der Waals surface area contributed by atoms with Gasteiger partial charge < -0.3 is 19.6 Å². The molecule has 2 aliphatic rings. The van der Waals surface area contributed by atoms with E-state index in [4.69, 9.17) is 4.52 Å². The number of nitrogens with one attached hydrogen (secondary N) is 1. The third-order valence-corrected chi connectivity index (χ3v) is 6.02. The number of anilines is 2. The molecule has 0 aliphatic carbocycles. The smallest absolute Gasteiger partial charge is 0.322 e. The zero-order valence-electron chi connectivity index (χ0n) is 18.3. The Morgan fingerprint density at radius 3 is 2.62 bits per heavy atom. The number of aryl methyl sites for hydroxylation is 1. The molecule has 178 valence electrons. The van der Waals surface area contributed by atoms with E-state index >= 15 is 0 Å². The summed E-state index contributed by atoms with van der Waals surface area (Å²) in [7, 11) is 0. The lowest BCUT2D eigenvalue weighted by atomic mass is 10.1. The average molecular weight is 475 g/mol. The molecule has 4 heterocycles. The van der Waals surface area contributed by atoms with Crippen molar-refractivity contribution in [2.24, 2.45) is 0 Å².